The summed E-state index contributed by atoms with van der Waals surface area (Å²) in [6.07, 6.45) is 7.04. The number of aliphatic imine (C=N–C) groups is 1. The second-order valence-corrected chi connectivity index (χ2v) is 9.76. The fraction of sp³-hybridized carbons (Fsp3) is 0.913. The summed E-state index contributed by atoms with van der Waals surface area (Å²) >= 11 is 0. The lowest BCUT2D eigenvalue weighted by Crippen LogP contribution is -2.53. The lowest BCUT2D eigenvalue weighted by atomic mass is 10.0. The number of likely N-dealkylation sites (tertiary alicyclic amines) is 1. The maximum atomic E-state index is 12.6. The number of nitrogens with zero attached hydrogens (tertiary/aromatic N) is 4. The number of hydrogen-bond acceptors (Lipinski definition) is 4. The smallest absolute Gasteiger partial charge is 0.225 e. The first-order chi connectivity index (χ1) is 14.5. The maximum absolute atomic E-state index is 12.6. The number of piperazine rings is 1. The third-order valence-electron chi connectivity index (χ3n) is 6.88. The van der Waals surface area contributed by atoms with Gasteiger partial charge in [0.1, 0.15) is 0 Å². The fourth-order valence-corrected chi connectivity index (χ4v) is 5.12. The summed E-state index contributed by atoms with van der Waals surface area (Å²) in [5.74, 6) is 2.39. The van der Waals surface area contributed by atoms with Gasteiger partial charge in [0, 0.05) is 77.9 Å². The van der Waals surface area contributed by atoms with Crippen molar-refractivity contribution < 1.29 is 4.79 Å². The van der Waals surface area contributed by atoms with Crippen LogP contribution in [0.15, 0.2) is 4.99 Å². The van der Waals surface area contributed by atoms with Crippen LogP contribution in [-0.2, 0) is 4.79 Å². The summed E-state index contributed by atoms with van der Waals surface area (Å²) in [4.78, 5) is 24.1. The van der Waals surface area contributed by atoms with E-state index in [0.717, 1.165) is 64.0 Å². The monoisotopic (exact) mass is 420 g/mol. The van der Waals surface area contributed by atoms with E-state index in [0.29, 0.717) is 17.9 Å². The number of hydrogen-bond donors (Lipinski definition) is 2. The number of piperidine rings is 1. The number of carbonyl (C=O) groups excluding carboxylic acids is 1. The Labute approximate surface area is 183 Å². The Hall–Kier alpha value is -1.34. The minimum Gasteiger partial charge on any atom is -0.355 e. The van der Waals surface area contributed by atoms with Crippen LogP contribution in [0.3, 0.4) is 0 Å². The highest BCUT2D eigenvalue weighted by molar-refractivity contribution is 5.80. The van der Waals surface area contributed by atoms with Gasteiger partial charge in [-0.2, -0.15) is 0 Å². The standard InChI is InChI=1S/C23H44N6O/c1-19(2)18-28-11-8-21(9-12-28)26-23(24-3)25-10-13-27-14-16-29(17-15-27)22(30)20-6-4-5-7-20/h19-21H,4-18H2,1-3H3,(H2,24,25,26). The van der Waals surface area contributed by atoms with Crippen molar-refractivity contribution in [1.29, 1.82) is 0 Å². The SMILES string of the molecule is CN=C(NCCN1CCN(C(=O)C2CCCC2)CC1)NC1CCN(CC(C)C)CC1. The van der Waals surface area contributed by atoms with Gasteiger partial charge in [-0.3, -0.25) is 14.7 Å². The molecular formula is C23H44N6O. The zero-order valence-electron chi connectivity index (χ0n) is 19.5. The van der Waals surface area contributed by atoms with Crippen molar-refractivity contribution in [2.75, 3.05) is 66.0 Å². The van der Waals surface area contributed by atoms with Crippen LogP contribution in [0.2, 0.25) is 0 Å². The molecule has 3 fully saturated rings. The van der Waals surface area contributed by atoms with Crippen LogP contribution in [0.1, 0.15) is 52.4 Å². The molecule has 30 heavy (non-hydrogen) atoms. The topological polar surface area (TPSA) is 63.2 Å². The van der Waals surface area contributed by atoms with Gasteiger partial charge >= 0.3 is 0 Å². The van der Waals surface area contributed by atoms with Gasteiger partial charge in [-0.05, 0) is 31.6 Å². The second-order valence-electron chi connectivity index (χ2n) is 9.76. The van der Waals surface area contributed by atoms with Crippen LogP contribution in [0.25, 0.3) is 0 Å². The molecule has 0 atom stereocenters. The molecule has 2 N–H and O–H groups in total. The molecule has 1 amide bonds. The first-order valence-electron chi connectivity index (χ1n) is 12.3. The molecule has 0 aromatic carbocycles. The number of amides is 1. The van der Waals surface area contributed by atoms with Crippen LogP contribution < -0.4 is 10.6 Å². The van der Waals surface area contributed by atoms with E-state index in [4.69, 9.17) is 0 Å². The zero-order chi connectivity index (χ0) is 21.3. The molecule has 0 radical (unpaired) electrons. The third kappa shape index (κ3) is 7.12. The van der Waals surface area contributed by atoms with Crippen molar-refractivity contribution >= 4 is 11.9 Å². The lowest BCUT2D eigenvalue weighted by molar-refractivity contribution is -0.137. The highest BCUT2D eigenvalue weighted by atomic mass is 16.2. The molecule has 2 heterocycles. The third-order valence-corrected chi connectivity index (χ3v) is 6.88. The molecule has 3 aliphatic rings. The molecule has 0 unspecified atom stereocenters. The molecule has 3 rings (SSSR count). The number of nitrogens with one attached hydrogen (secondary N) is 2. The first kappa shape index (κ1) is 23.3. The fourth-order valence-electron chi connectivity index (χ4n) is 5.12. The minimum atomic E-state index is 0.310. The number of guanidine groups is 1. The Morgan fingerprint density at radius 1 is 0.967 bits per heavy atom. The highest BCUT2D eigenvalue weighted by Crippen LogP contribution is 2.26. The predicted octanol–water partition coefficient (Wildman–Crippen LogP) is 1.61. The summed E-state index contributed by atoms with van der Waals surface area (Å²) in [7, 11) is 1.86. The average Bonchev–Trinajstić information content (AvgIpc) is 3.29. The van der Waals surface area contributed by atoms with Crippen molar-refractivity contribution in [1.82, 2.24) is 25.3 Å². The van der Waals surface area contributed by atoms with Gasteiger partial charge in [-0.1, -0.05) is 26.7 Å². The van der Waals surface area contributed by atoms with Gasteiger partial charge in [0.2, 0.25) is 5.91 Å². The largest absolute Gasteiger partial charge is 0.355 e. The van der Waals surface area contributed by atoms with E-state index in [1.165, 1.54) is 45.3 Å². The molecule has 1 saturated carbocycles. The summed E-state index contributed by atoms with van der Waals surface area (Å²) in [6, 6.07) is 0.518. The molecule has 0 spiro atoms. The minimum absolute atomic E-state index is 0.310. The van der Waals surface area contributed by atoms with Gasteiger partial charge in [-0.25, -0.2) is 0 Å². The van der Waals surface area contributed by atoms with Gasteiger partial charge < -0.3 is 20.4 Å². The molecule has 0 bridgehead atoms. The Morgan fingerprint density at radius 3 is 2.23 bits per heavy atom. The average molecular weight is 421 g/mol. The van der Waals surface area contributed by atoms with Gasteiger partial charge in [-0.15, -0.1) is 0 Å². The predicted molar refractivity (Wildman–Crippen MR) is 124 cm³/mol. The van der Waals surface area contributed by atoms with Gasteiger partial charge in [0.05, 0.1) is 0 Å². The zero-order valence-corrected chi connectivity index (χ0v) is 19.5. The van der Waals surface area contributed by atoms with E-state index < -0.39 is 0 Å². The van der Waals surface area contributed by atoms with E-state index >= 15 is 0 Å². The summed E-state index contributed by atoms with van der Waals surface area (Å²) in [6.45, 7) is 13.8. The Bertz CT molecular complexity index is 544. The Kier molecular flexibility index (Phi) is 9.25. The summed E-state index contributed by atoms with van der Waals surface area (Å²) in [5, 5.41) is 7.10. The lowest BCUT2D eigenvalue weighted by Gasteiger charge is -2.36. The molecule has 172 valence electrons. The van der Waals surface area contributed by atoms with Crippen LogP contribution >= 0.6 is 0 Å². The Balaban J connectivity index is 1.29. The van der Waals surface area contributed by atoms with Crippen molar-refractivity contribution in [2.45, 2.75) is 58.4 Å². The summed E-state index contributed by atoms with van der Waals surface area (Å²) in [5.41, 5.74) is 0. The molecule has 1 aliphatic carbocycles. The number of rotatable bonds is 7. The van der Waals surface area contributed by atoms with E-state index in [1.54, 1.807) is 0 Å². The van der Waals surface area contributed by atoms with Crippen molar-refractivity contribution in [3.63, 3.8) is 0 Å². The summed E-state index contributed by atoms with van der Waals surface area (Å²) < 4.78 is 0. The van der Waals surface area contributed by atoms with Crippen LogP contribution in [-0.4, -0.2) is 98.6 Å². The molecule has 0 aromatic rings. The second kappa shape index (κ2) is 11.9. The Morgan fingerprint density at radius 2 is 1.63 bits per heavy atom. The molecule has 2 saturated heterocycles. The van der Waals surface area contributed by atoms with Crippen molar-refractivity contribution in [2.24, 2.45) is 16.8 Å². The van der Waals surface area contributed by atoms with Crippen molar-refractivity contribution in [3.8, 4) is 0 Å². The van der Waals surface area contributed by atoms with E-state index in [2.05, 4.69) is 44.2 Å². The first-order valence-corrected chi connectivity index (χ1v) is 12.3. The molecular weight excluding hydrogens is 376 g/mol. The maximum Gasteiger partial charge on any atom is 0.225 e. The van der Waals surface area contributed by atoms with E-state index in [9.17, 15) is 4.79 Å². The molecule has 0 aromatic heterocycles. The molecule has 7 nitrogen and oxygen atoms in total. The van der Waals surface area contributed by atoms with Gasteiger partial charge in [0.15, 0.2) is 5.96 Å². The molecule has 7 heteroatoms. The van der Waals surface area contributed by atoms with Gasteiger partial charge in [0.25, 0.3) is 0 Å². The van der Waals surface area contributed by atoms with E-state index in [1.807, 2.05) is 7.05 Å². The van der Waals surface area contributed by atoms with Crippen molar-refractivity contribution in [3.05, 3.63) is 0 Å². The number of carbonyl (C=O) groups is 1. The quantitative estimate of drug-likeness (QED) is 0.484. The van der Waals surface area contributed by atoms with Crippen LogP contribution in [0.5, 0.6) is 0 Å². The van der Waals surface area contributed by atoms with E-state index in [-0.39, 0.29) is 0 Å². The molecule has 2 aliphatic heterocycles. The normalized spacial score (nSPS) is 23.3. The van der Waals surface area contributed by atoms with Crippen LogP contribution in [0.4, 0.5) is 0 Å². The van der Waals surface area contributed by atoms with Crippen LogP contribution in [0, 0.1) is 11.8 Å². The highest BCUT2D eigenvalue weighted by Gasteiger charge is 2.29.